The van der Waals surface area contributed by atoms with Crippen molar-refractivity contribution in [1.29, 1.82) is 0 Å². The SMILES string of the molecule is O=C(C(=Cc1c(Cl)cccc1Cl)c1nc2ccccc2[nH]1)c1ccc(Cl)cc1. The summed E-state index contributed by atoms with van der Waals surface area (Å²) in [4.78, 5) is 21.1. The summed E-state index contributed by atoms with van der Waals surface area (Å²) in [5, 5.41) is 1.45. The van der Waals surface area contributed by atoms with Gasteiger partial charge in [0, 0.05) is 26.2 Å². The molecular formula is C22H13Cl3N2O. The molecule has 0 unspecified atom stereocenters. The summed E-state index contributed by atoms with van der Waals surface area (Å²) in [7, 11) is 0. The number of aromatic amines is 1. The zero-order valence-electron chi connectivity index (χ0n) is 14.4. The molecular weight excluding hydrogens is 415 g/mol. The van der Waals surface area contributed by atoms with E-state index in [0.717, 1.165) is 11.0 Å². The van der Waals surface area contributed by atoms with Crippen LogP contribution in [0.2, 0.25) is 15.1 Å². The highest BCUT2D eigenvalue weighted by molar-refractivity contribution is 6.39. The number of nitrogens with zero attached hydrogens (tertiary/aromatic N) is 1. The molecule has 4 aromatic rings. The van der Waals surface area contributed by atoms with E-state index < -0.39 is 0 Å². The number of benzene rings is 3. The molecule has 138 valence electrons. The highest BCUT2D eigenvalue weighted by atomic mass is 35.5. The summed E-state index contributed by atoms with van der Waals surface area (Å²) in [6.45, 7) is 0. The number of carbonyl (C=O) groups excluding carboxylic acids is 1. The summed E-state index contributed by atoms with van der Waals surface area (Å²) in [6, 6.07) is 19.5. The van der Waals surface area contributed by atoms with Gasteiger partial charge < -0.3 is 4.98 Å². The fourth-order valence-electron chi connectivity index (χ4n) is 2.87. The number of aromatic nitrogens is 2. The van der Waals surface area contributed by atoms with Crippen LogP contribution in [0.3, 0.4) is 0 Å². The van der Waals surface area contributed by atoms with E-state index >= 15 is 0 Å². The number of Topliss-reactive ketones (excluding diaryl/α,β-unsaturated/α-hetero) is 1. The number of hydrogen-bond donors (Lipinski definition) is 1. The maximum Gasteiger partial charge on any atom is 0.196 e. The maximum atomic E-state index is 13.3. The molecule has 0 aliphatic rings. The fraction of sp³-hybridized carbons (Fsp3) is 0. The van der Waals surface area contributed by atoms with Crippen LogP contribution in [0.5, 0.6) is 0 Å². The average Bonchev–Trinajstić information content (AvgIpc) is 3.12. The third-order valence-electron chi connectivity index (χ3n) is 4.28. The van der Waals surface area contributed by atoms with E-state index in [2.05, 4.69) is 9.97 Å². The van der Waals surface area contributed by atoms with E-state index in [1.165, 1.54) is 0 Å². The van der Waals surface area contributed by atoms with Crippen LogP contribution in [-0.4, -0.2) is 15.8 Å². The average molecular weight is 428 g/mol. The Morgan fingerprint density at radius 3 is 2.21 bits per heavy atom. The van der Waals surface area contributed by atoms with Gasteiger partial charge in [-0.1, -0.05) is 53.0 Å². The summed E-state index contributed by atoms with van der Waals surface area (Å²) in [5.74, 6) is 0.226. The Balaban J connectivity index is 1.91. The van der Waals surface area contributed by atoms with E-state index in [0.29, 0.717) is 37.6 Å². The number of carbonyl (C=O) groups is 1. The zero-order valence-corrected chi connectivity index (χ0v) is 16.7. The molecule has 0 aliphatic heterocycles. The number of para-hydroxylation sites is 2. The zero-order chi connectivity index (χ0) is 19.7. The molecule has 4 rings (SSSR count). The molecule has 28 heavy (non-hydrogen) atoms. The van der Waals surface area contributed by atoms with Gasteiger partial charge >= 0.3 is 0 Å². The van der Waals surface area contributed by atoms with Crippen molar-refractivity contribution in [1.82, 2.24) is 9.97 Å². The number of nitrogens with one attached hydrogen (secondary N) is 1. The van der Waals surface area contributed by atoms with Crippen LogP contribution in [0.25, 0.3) is 22.7 Å². The van der Waals surface area contributed by atoms with Gasteiger partial charge in [0.2, 0.25) is 0 Å². The Morgan fingerprint density at radius 2 is 1.54 bits per heavy atom. The third kappa shape index (κ3) is 3.69. The number of H-pyrrole nitrogens is 1. The number of ketones is 1. The largest absolute Gasteiger partial charge is 0.338 e. The lowest BCUT2D eigenvalue weighted by atomic mass is 10.0. The van der Waals surface area contributed by atoms with Crippen LogP contribution in [0.4, 0.5) is 0 Å². The van der Waals surface area contributed by atoms with E-state index in [1.54, 1.807) is 48.5 Å². The van der Waals surface area contributed by atoms with Crippen molar-refractivity contribution in [2.24, 2.45) is 0 Å². The minimum absolute atomic E-state index is 0.216. The van der Waals surface area contributed by atoms with Gasteiger partial charge in [0.15, 0.2) is 5.78 Å². The molecule has 3 aromatic carbocycles. The molecule has 0 atom stereocenters. The van der Waals surface area contributed by atoms with Gasteiger partial charge in [-0.25, -0.2) is 4.98 Å². The first-order valence-electron chi connectivity index (χ1n) is 8.44. The Bertz CT molecular complexity index is 1160. The van der Waals surface area contributed by atoms with Crippen LogP contribution < -0.4 is 0 Å². The molecule has 6 heteroatoms. The molecule has 0 saturated heterocycles. The van der Waals surface area contributed by atoms with Gasteiger partial charge in [0.25, 0.3) is 0 Å². The molecule has 3 nitrogen and oxygen atoms in total. The van der Waals surface area contributed by atoms with E-state index in [9.17, 15) is 4.79 Å². The Labute approximate surface area is 176 Å². The summed E-state index contributed by atoms with van der Waals surface area (Å²) in [6.07, 6.45) is 1.67. The van der Waals surface area contributed by atoms with E-state index in [-0.39, 0.29) is 5.78 Å². The van der Waals surface area contributed by atoms with Gasteiger partial charge in [-0.3, -0.25) is 4.79 Å². The molecule has 0 fully saturated rings. The molecule has 0 amide bonds. The Hall–Kier alpha value is -2.59. The minimum atomic E-state index is -0.216. The molecule has 0 aliphatic carbocycles. The van der Waals surface area contributed by atoms with Crippen LogP contribution in [-0.2, 0) is 0 Å². The predicted octanol–water partition coefficient (Wildman–Crippen LogP) is 6.95. The van der Waals surface area contributed by atoms with Crippen molar-refractivity contribution in [2.75, 3.05) is 0 Å². The first kappa shape index (κ1) is 18.8. The topological polar surface area (TPSA) is 45.8 Å². The van der Waals surface area contributed by atoms with Gasteiger partial charge in [-0.2, -0.15) is 0 Å². The van der Waals surface area contributed by atoms with Gasteiger partial charge in [0.1, 0.15) is 5.82 Å². The van der Waals surface area contributed by atoms with Crippen molar-refractivity contribution >= 4 is 63.3 Å². The first-order valence-corrected chi connectivity index (χ1v) is 9.57. The van der Waals surface area contributed by atoms with Crippen molar-refractivity contribution in [3.63, 3.8) is 0 Å². The Kier molecular flexibility index (Phi) is 5.23. The Morgan fingerprint density at radius 1 is 0.857 bits per heavy atom. The summed E-state index contributed by atoms with van der Waals surface area (Å²) >= 11 is 18.6. The third-order valence-corrected chi connectivity index (χ3v) is 5.20. The van der Waals surface area contributed by atoms with Crippen LogP contribution in [0.15, 0.2) is 66.7 Å². The molecule has 0 saturated carbocycles. The monoisotopic (exact) mass is 426 g/mol. The number of hydrogen-bond acceptors (Lipinski definition) is 2. The number of halogens is 3. The van der Waals surface area contributed by atoms with Crippen LogP contribution in [0, 0.1) is 0 Å². The minimum Gasteiger partial charge on any atom is -0.338 e. The van der Waals surface area contributed by atoms with Crippen molar-refractivity contribution in [3.8, 4) is 0 Å². The highest BCUT2D eigenvalue weighted by Crippen LogP contribution is 2.30. The second-order valence-corrected chi connectivity index (χ2v) is 7.38. The molecule has 0 radical (unpaired) electrons. The number of rotatable bonds is 4. The molecule has 1 heterocycles. The van der Waals surface area contributed by atoms with Crippen molar-refractivity contribution < 1.29 is 4.79 Å². The molecule has 0 spiro atoms. The number of fused-ring (bicyclic) bond motifs is 1. The molecule has 0 bridgehead atoms. The van der Waals surface area contributed by atoms with Gasteiger partial charge in [0.05, 0.1) is 16.6 Å². The van der Waals surface area contributed by atoms with Crippen LogP contribution >= 0.6 is 34.8 Å². The lowest BCUT2D eigenvalue weighted by molar-refractivity contribution is 0.105. The predicted molar refractivity (Wildman–Crippen MR) is 116 cm³/mol. The van der Waals surface area contributed by atoms with Crippen molar-refractivity contribution in [2.45, 2.75) is 0 Å². The maximum absolute atomic E-state index is 13.3. The fourth-order valence-corrected chi connectivity index (χ4v) is 3.50. The normalized spacial score (nSPS) is 11.8. The number of imidazole rings is 1. The second-order valence-electron chi connectivity index (χ2n) is 6.13. The lowest BCUT2D eigenvalue weighted by Crippen LogP contribution is -2.04. The van der Waals surface area contributed by atoms with Crippen LogP contribution in [0.1, 0.15) is 21.7 Å². The van der Waals surface area contributed by atoms with Crippen molar-refractivity contribution in [3.05, 3.63) is 98.7 Å². The second kappa shape index (κ2) is 7.80. The van der Waals surface area contributed by atoms with Gasteiger partial charge in [-0.05, 0) is 54.6 Å². The summed E-state index contributed by atoms with van der Waals surface area (Å²) in [5.41, 5.74) is 2.99. The summed E-state index contributed by atoms with van der Waals surface area (Å²) < 4.78 is 0. The standard InChI is InChI=1S/C22H13Cl3N2O/c23-14-10-8-13(9-11-14)21(28)16(12-15-17(24)4-3-5-18(15)25)22-26-19-6-1-2-7-20(19)27-22/h1-12H,(H,26,27). The van der Waals surface area contributed by atoms with E-state index in [1.807, 2.05) is 24.3 Å². The quantitative estimate of drug-likeness (QED) is 0.283. The van der Waals surface area contributed by atoms with Gasteiger partial charge in [-0.15, -0.1) is 0 Å². The smallest absolute Gasteiger partial charge is 0.196 e. The first-order chi connectivity index (χ1) is 13.5. The number of allylic oxidation sites excluding steroid dienone is 1. The molecule has 1 N–H and O–H groups in total. The molecule has 1 aromatic heterocycles. The highest BCUT2D eigenvalue weighted by Gasteiger charge is 2.19. The lowest BCUT2D eigenvalue weighted by Gasteiger charge is -2.07. The van der Waals surface area contributed by atoms with E-state index in [4.69, 9.17) is 34.8 Å².